The van der Waals surface area contributed by atoms with Crippen LogP contribution in [0.2, 0.25) is 5.02 Å². The molecule has 1 N–H and O–H groups in total. The van der Waals surface area contributed by atoms with E-state index in [1.54, 1.807) is 30.3 Å². The van der Waals surface area contributed by atoms with Crippen LogP contribution < -0.4 is 5.43 Å². The van der Waals surface area contributed by atoms with Crippen molar-refractivity contribution in [1.82, 2.24) is 9.88 Å². The molecule has 3 aromatic rings. The summed E-state index contributed by atoms with van der Waals surface area (Å²) in [6.45, 7) is 3.26. The summed E-state index contributed by atoms with van der Waals surface area (Å²) in [6.07, 6.45) is 0.658. The molecule has 0 saturated heterocycles. The summed E-state index contributed by atoms with van der Waals surface area (Å²) in [4.78, 5) is 54.9. The number of nitrogens with one attached hydrogen (secondary N) is 1. The lowest BCUT2D eigenvalue weighted by Gasteiger charge is -2.16. The molecule has 6 nitrogen and oxygen atoms in total. The number of ketones is 1. The average molecular weight is 441 g/mol. The first-order valence-electron chi connectivity index (χ1n) is 9.31. The number of halogens is 1. The Hall–Kier alpha value is -2.90. The Morgan fingerprint density at radius 2 is 1.70 bits per heavy atom. The van der Waals surface area contributed by atoms with Gasteiger partial charge >= 0.3 is 0 Å². The number of hydrogen-bond donors (Lipinski definition) is 1. The van der Waals surface area contributed by atoms with Crippen molar-refractivity contribution >= 4 is 51.9 Å². The van der Waals surface area contributed by atoms with E-state index >= 15 is 0 Å². The Bertz CT molecular complexity index is 1260. The van der Waals surface area contributed by atoms with Gasteiger partial charge in [-0.3, -0.25) is 24.1 Å². The van der Waals surface area contributed by atoms with Crippen molar-refractivity contribution in [2.45, 2.75) is 25.3 Å². The van der Waals surface area contributed by atoms with E-state index in [0.717, 1.165) is 22.2 Å². The standard InChI is InChI=1S/C22H17ClN2O4S/c1-3-12-8-9-15(23)17-18(12)24-20(16(11(2)26)19(17)27)30-10-25-21(28)13-6-4-5-7-14(13)22(25)29/h4-9H,3,10H2,1-2H3,(H,24,27). The van der Waals surface area contributed by atoms with E-state index in [4.69, 9.17) is 11.6 Å². The van der Waals surface area contributed by atoms with E-state index in [1.165, 1.54) is 6.92 Å². The zero-order valence-electron chi connectivity index (χ0n) is 16.2. The number of H-pyrrole nitrogens is 1. The number of thioether (sulfide) groups is 1. The predicted octanol–water partition coefficient (Wildman–Crippen LogP) is 4.29. The van der Waals surface area contributed by atoms with Crippen molar-refractivity contribution in [3.05, 3.63) is 73.9 Å². The third-order valence-corrected chi connectivity index (χ3v) is 6.41. The largest absolute Gasteiger partial charge is 0.349 e. The molecule has 0 unspecified atom stereocenters. The second-order valence-electron chi connectivity index (χ2n) is 6.88. The van der Waals surface area contributed by atoms with E-state index in [1.807, 2.05) is 13.0 Å². The van der Waals surface area contributed by atoms with Gasteiger partial charge in [0.05, 0.1) is 43.5 Å². The first-order valence-corrected chi connectivity index (χ1v) is 10.7. The first kappa shape index (κ1) is 20.4. The smallest absolute Gasteiger partial charge is 0.262 e. The van der Waals surface area contributed by atoms with Gasteiger partial charge in [-0.25, -0.2) is 0 Å². The molecule has 1 aliphatic rings. The number of imide groups is 1. The summed E-state index contributed by atoms with van der Waals surface area (Å²) < 4.78 is 0. The number of nitrogens with zero attached hydrogens (tertiary/aromatic N) is 1. The molecule has 8 heteroatoms. The number of carbonyl (C=O) groups is 3. The van der Waals surface area contributed by atoms with Crippen molar-refractivity contribution in [3.8, 4) is 0 Å². The molecule has 0 fully saturated rings. The van der Waals surface area contributed by atoms with Crippen molar-refractivity contribution < 1.29 is 14.4 Å². The summed E-state index contributed by atoms with van der Waals surface area (Å²) in [6, 6.07) is 10.1. The topological polar surface area (TPSA) is 87.3 Å². The molecule has 0 atom stereocenters. The number of pyridine rings is 1. The highest BCUT2D eigenvalue weighted by molar-refractivity contribution is 7.99. The van der Waals surface area contributed by atoms with Crippen LogP contribution in [0.1, 0.15) is 50.5 Å². The fourth-order valence-electron chi connectivity index (χ4n) is 3.60. The second kappa shape index (κ2) is 7.74. The maximum atomic E-state index is 13.1. The monoisotopic (exact) mass is 440 g/mol. The number of Topliss-reactive ketones (excluding diaryl/α,β-unsaturated/α-hetero) is 1. The molecule has 2 amide bonds. The molecule has 2 aromatic carbocycles. The second-order valence-corrected chi connectivity index (χ2v) is 8.24. The van der Waals surface area contributed by atoms with Gasteiger partial charge in [-0.1, -0.05) is 48.5 Å². The SMILES string of the molecule is CCc1ccc(Cl)c2c(=O)c(C(C)=O)c(SCN3C(=O)c4ccccc4C3=O)[nH]c12. The van der Waals surface area contributed by atoms with Gasteiger partial charge in [-0.15, -0.1) is 0 Å². The molecule has 0 radical (unpaired) electrons. The lowest BCUT2D eigenvalue weighted by molar-refractivity contribution is 0.0684. The quantitative estimate of drug-likeness (QED) is 0.363. The Kier molecular flexibility index (Phi) is 5.26. The van der Waals surface area contributed by atoms with E-state index in [-0.39, 0.29) is 21.8 Å². The van der Waals surface area contributed by atoms with Crippen LogP contribution in [0, 0.1) is 0 Å². The number of hydrogen-bond acceptors (Lipinski definition) is 5. The van der Waals surface area contributed by atoms with E-state index in [2.05, 4.69) is 4.98 Å². The summed E-state index contributed by atoms with van der Waals surface area (Å²) >= 11 is 7.32. The van der Waals surface area contributed by atoms with Gasteiger partial charge in [0.2, 0.25) is 5.43 Å². The van der Waals surface area contributed by atoms with Crippen LogP contribution in [0.3, 0.4) is 0 Å². The minimum absolute atomic E-state index is 0.0285. The molecule has 1 aliphatic heterocycles. The molecule has 152 valence electrons. The first-order chi connectivity index (χ1) is 14.3. The van der Waals surface area contributed by atoms with Crippen LogP contribution in [0.4, 0.5) is 0 Å². The highest BCUT2D eigenvalue weighted by atomic mass is 35.5. The summed E-state index contributed by atoms with van der Waals surface area (Å²) in [5.41, 5.74) is 1.65. The van der Waals surface area contributed by atoms with Gasteiger partial charge in [-0.05, 0) is 37.1 Å². The summed E-state index contributed by atoms with van der Waals surface area (Å²) in [5.74, 6) is -1.24. The number of aromatic nitrogens is 1. The summed E-state index contributed by atoms with van der Waals surface area (Å²) in [5, 5.41) is 0.850. The Morgan fingerprint density at radius 3 is 2.27 bits per heavy atom. The third-order valence-electron chi connectivity index (χ3n) is 5.11. The van der Waals surface area contributed by atoms with Crippen LogP contribution in [-0.2, 0) is 6.42 Å². The van der Waals surface area contributed by atoms with E-state index < -0.39 is 23.0 Å². The fourth-order valence-corrected chi connectivity index (χ4v) is 4.89. The average Bonchev–Trinajstić information content (AvgIpc) is 2.96. The summed E-state index contributed by atoms with van der Waals surface area (Å²) in [7, 11) is 0. The molecule has 0 bridgehead atoms. The number of amides is 2. The van der Waals surface area contributed by atoms with Crippen molar-refractivity contribution in [3.63, 3.8) is 0 Å². The third kappa shape index (κ3) is 3.14. The minimum Gasteiger partial charge on any atom is -0.349 e. The van der Waals surface area contributed by atoms with Crippen LogP contribution in [-0.4, -0.2) is 33.4 Å². The Balaban J connectivity index is 1.77. The highest BCUT2D eigenvalue weighted by Gasteiger charge is 2.35. The number of aromatic amines is 1. The van der Waals surface area contributed by atoms with Crippen molar-refractivity contribution in [1.29, 1.82) is 0 Å². The Morgan fingerprint density at radius 1 is 1.07 bits per heavy atom. The molecule has 0 spiro atoms. The molecule has 2 heterocycles. The molecular weight excluding hydrogens is 424 g/mol. The van der Waals surface area contributed by atoms with Gasteiger partial charge in [0.1, 0.15) is 0 Å². The zero-order chi connectivity index (χ0) is 21.6. The maximum absolute atomic E-state index is 13.1. The molecule has 1 aromatic heterocycles. The molecule has 0 saturated carbocycles. The fraction of sp³-hybridized carbons (Fsp3) is 0.182. The number of aryl methyl sites for hydroxylation is 1. The normalized spacial score (nSPS) is 13.2. The van der Waals surface area contributed by atoms with Gasteiger partial charge in [0, 0.05) is 0 Å². The van der Waals surface area contributed by atoms with E-state index in [0.29, 0.717) is 28.1 Å². The lowest BCUT2D eigenvalue weighted by Crippen LogP contribution is -2.29. The van der Waals surface area contributed by atoms with Gasteiger partial charge in [0.25, 0.3) is 11.8 Å². The van der Waals surface area contributed by atoms with Crippen LogP contribution in [0.15, 0.2) is 46.2 Å². The number of carbonyl (C=O) groups excluding carboxylic acids is 3. The van der Waals surface area contributed by atoms with Crippen LogP contribution in [0.25, 0.3) is 10.9 Å². The molecule has 0 aliphatic carbocycles. The minimum atomic E-state index is -0.457. The molecule has 30 heavy (non-hydrogen) atoms. The molecular formula is C22H17ClN2O4S. The highest BCUT2D eigenvalue weighted by Crippen LogP contribution is 2.31. The number of fused-ring (bicyclic) bond motifs is 2. The van der Waals surface area contributed by atoms with Crippen molar-refractivity contribution in [2.75, 3.05) is 5.88 Å². The van der Waals surface area contributed by atoms with Crippen LogP contribution in [0.5, 0.6) is 0 Å². The lowest BCUT2D eigenvalue weighted by atomic mass is 10.0. The molecule has 4 rings (SSSR count). The zero-order valence-corrected chi connectivity index (χ0v) is 17.8. The van der Waals surface area contributed by atoms with Crippen molar-refractivity contribution in [2.24, 2.45) is 0 Å². The number of benzene rings is 2. The van der Waals surface area contributed by atoms with Gasteiger partial charge in [0.15, 0.2) is 5.78 Å². The van der Waals surface area contributed by atoms with Gasteiger partial charge < -0.3 is 4.98 Å². The number of rotatable bonds is 5. The maximum Gasteiger partial charge on any atom is 0.262 e. The predicted molar refractivity (Wildman–Crippen MR) is 117 cm³/mol. The van der Waals surface area contributed by atoms with Crippen LogP contribution >= 0.6 is 23.4 Å². The van der Waals surface area contributed by atoms with Gasteiger partial charge in [-0.2, -0.15) is 0 Å². The van der Waals surface area contributed by atoms with E-state index in [9.17, 15) is 19.2 Å². The Labute approximate surface area is 181 Å².